The summed E-state index contributed by atoms with van der Waals surface area (Å²) in [5.74, 6) is 0. The summed E-state index contributed by atoms with van der Waals surface area (Å²) in [7, 11) is -1.87. The first-order valence-corrected chi connectivity index (χ1v) is 8.98. The number of para-hydroxylation sites is 1. The van der Waals surface area contributed by atoms with E-state index in [1.165, 1.54) is 3.97 Å². The van der Waals surface area contributed by atoms with Crippen molar-refractivity contribution >= 4 is 42.5 Å². The Labute approximate surface area is 137 Å². The summed E-state index contributed by atoms with van der Waals surface area (Å²) in [5.41, 5.74) is 2.42. The van der Waals surface area contributed by atoms with Crippen LogP contribution in [0.4, 0.5) is 5.69 Å². The summed E-state index contributed by atoms with van der Waals surface area (Å²) >= 11 is 3.44. The Hall–Kier alpha value is -1.79. The summed E-state index contributed by atoms with van der Waals surface area (Å²) in [6, 6.07) is 12.5. The van der Waals surface area contributed by atoms with Crippen LogP contribution in [-0.2, 0) is 10.0 Å². The van der Waals surface area contributed by atoms with Gasteiger partial charge < -0.3 is 5.32 Å². The maximum Gasteiger partial charge on any atom is 0.268 e. The first-order chi connectivity index (χ1) is 10.4. The van der Waals surface area contributed by atoms with Crippen LogP contribution in [0.25, 0.3) is 10.9 Å². The van der Waals surface area contributed by atoms with E-state index in [-0.39, 0.29) is 4.90 Å². The highest BCUT2D eigenvalue weighted by Crippen LogP contribution is 2.33. The number of nitrogens with one attached hydrogen (secondary N) is 1. The lowest BCUT2D eigenvalue weighted by molar-refractivity contribution is 0.589. The zero-order valence-corrected chi connectivity index (χ0v) is 14.6. The number of anilines is 1. The molecule has 6 heteroatoms. The molecule has 2 aromatic carbocycles. The minimum absolute atomic E-state index is 0.272. The van der Waals surface area contributed by atoms with Gasteiger partial charge in [-0.1, -0.05) is 29.8 Å². The second-order valence-corrected chi connectivity index (χ2v) is 7.71. The lowest BCUT2D eigenvalue weighted by Gasteiger charge is -2.10. The smallest absolute Gasteiger partial charge is 0.268 e. The van der Waals surface area contributed by atoms with Crippen LogP contribution in [0.5, 0.6) is 0 Å². The minimum Gasteiger partial charge on any atom is -0.386 e. The summed E-state index contributed by atoms with van der Waals surface area (Å²) in [6.45, 7) is 1.93. The fraction of sp³-hybridized carbons (Fsp3) is 0.125. The molecule has 0 aliphatic carbocycles. The van der Waals surface area contributed by atoms with Gasteiger partial charge in [-0.05, 0) is 41.1 Å². The number of fused-ring (bicyclic) bond motifs is 1. The van der Waals surface area contributed by atoms with E-state index in [1.807, 2.05) is 25.1 Å². The van der Waals surface area contributed by atoms with Gasteiger partial charge in [0.2, 0.25) is 0 Å². The van der Waals surface area contributed by atoms with Crippen molar-refractivity contribution in [1.82, 2.24) is 3.97 Å². The number of nitrogens with zero attached hydrogens (tertiary/aromatic N) is 1. The van der Waals surface area contributed by atoms with Crippen molar-refractivity contribution in [3.63, 3.8) is 0 Å². The molecule has 1 aromatic heterocycles. The average Bonchev–Trinajstić information content (AvgIpc) is 2.86. The molecule has 0 unspecified atom stereocenters. The first-order valence-electron chi connectivity index (χ1n) is 6.74. The van der Waals surface area contributed by atoms with Crippen molar-refractivity contribution in [2.45, 2.75) is 11.8 Å². The van der Waals surface area contributed by atoms with Crippen molar-refractivity contribution in [2.75, 3.05) is 12.4 Å². The fourth-order valence-corrected chi connectivity index (χ4v) is 4.47. The van der Waals surface area contributed by atoms with Gasteiger partial charge in [0.25, 0.3) is 10.0 Å². The zero-order chi connectivity index (χ0) is 15.9. The Kier molecular flexibility index (Phi) is 3.74. The standard InChI is InChI=1S/C16H15BrN2O2S/c1-11-6-8-12(9-7-11)22(20,21)19-10-14(17)13-4-3-5-15(18-2)16(13)19/h3-10,18H,1-2H3. The van der Waals surface area contributed by atoms with Crippen LogP contribution >= 0.6 is 15.9 Å². The lowest BCUT2D eigenvalue weighted by atomic mass is 10.2. The van der Waals surface area contributed by atoms with Gasteiger partial charge in [0, 0.05) is 23.1 Å². The Morgan fingerprint density at radius 1 is 1.09 bits per heavy atom. The Morgan fingerprint density at radius 2 is 1.77 bits per heavy atom. The molecular weight excluding hydrogens is 364 g/mol. The van der Waals surface area contributed by atoms with Crippen LogP contribution in [0.15, 0.2) is 58.0 Å². The Bertz CT molecular complexity index is 944. The monoisotopic (exact) mass is 378 g/mol. The highest BCUT2D eigenvalue weighted by atomic mass is 79.9. The number of rotatable bonds is 3. The molecule has 3 rings (SSSR count). The van der Waals surface area contributed by atoms with Gasteiger partial charge in [0.1, 0.15) is 0 Å². The van der Waals surface area contributed by atoms with Crippen molar-refractivity contribution in [3.05, 3.63) is 58.7 Å². The molecule has 0 radical (unpaired) electrons. The molecule has 0 saturated carbocycles. The van der Waals surface area contributed by atoms with E-state index >= 15 is 0 Å². The molecular formula is C16H15BrN2O2S. The number of hydrogen-bond acceptors (Lipinski definition) is 3. The van der Waals surface area contributed by atoms with E-state index in [2.05, 4.69) is 21.2 Å². The van der Waals surface area contributed by atoms with Crippen LogP contribution < -0.4 is 5.32 Å². The molecule has 1 N–H and O–H groups in total. The second kappa shape index (κ2) is 5.44. The van der Waals surface area contributed by atoms with E-state index in [0.717, 1.165) is 21.1 Å². The topological polar surface area (TPSA) is 51.1 Å². The molecule has 0 atom stereocenters. The molecule has 1 heterocycles. The van der Waals surface area contributed by atoms with Crippen LogP contribution in [-0.4, -0.2) is 19.4 Å². The number of aromatic nitrogens is 1. The molecule has 0 spiro atoms. The van der Waals surface area contributed by atoms with Crippen LogP contribution in [0.2, 0.25) is 0 Å². The number of benzene rings is 2. The van der Waals surface area contributed by atoms with Gasteiger partial charge in [-0.3, -0.25) is 0 Å². The van der Waals surface area contributed by atoms with E-state index in [1.54, 1.807) is 37.5 Å². The summed E-state index contributed by atoms with van der Waals surface area (Å²) in [4.78, 5) is 0.272. The molecule has 4 nitrogen and oxygen atoms in total. The predicted molar refractivity (Wildman–Crippen MR) is 92.9 cm³/mol. The SMILES string of the molecule is CNc1cccc2c(Br)cn(S(=O)(=O)c3ccc(C)cc3)c12. The van der Waals surface area contributed by atoms with Crippen molar-refractivity contribution in [1.29, 1.82) is 0 Å². The maximum atomic E-state index is 13.0. The normalized spacial score (nSPS) is 11.8. The van der Waals surface area contributed by atoms with E-state index in [4.69, 9.17) is 0 Å². The molecule has 0 aliphatic rings. The molecule has 0 saturated heterocycles. The van der Waals surface area contributed by atoms with Gasteiger partial charge in [-0.25, -0.2) is 12.4 Å². The van der Waals surface area contributed by atoms with E-state index < -0.39 is 10.0 Å². The Balaban J connectivity index is 2.32. The summed E-state index contributed by atoms with van der Waals surface area (Å²) < 4.78 is 28.0. The number of aryl methyl sites for hydroxylation is 1. The third kappa shape index (κ3) is 2.32. The fourth-order valence-electron chi connectivity index (χ4n) is 2.43. The number of hydrogen-bond donors (Lipinski definition) is 1. The van der Waals surface area contributed by atoms with Gasteiger partial charge in [0.05, 0.1) is 16.1 Å². The van der Waals surface area contributed by atoms with Gasteiger partial charge in [0.15, 0.2) is 0 Å². The quantitative estimate of drug-likeness (QED) is 0.749. The van der Waals surface area contributed by atoms with E-state index in [9.17, 15) is 8.42 Å². The largest absolute Gasteiger partial charge is 0.386 e. The molecule has 0 fully saturated rings. The highest BCUT2D eigenvalue weighted by molar-refractivity contribution is 9.10. The van der Waals surface area contributed by atoms with Gasteiger partial charge >= 0.3 is 0 Å². The Morgan fingerprint density at radius 3 is 2.41 bits per heavy atom. The summed E-state index contributed by atoms with van der Waals surface area (Å²) in [5, 5.41) is 3.90. The molecule has 0 aliphatic heterocycles. The third-order valence-corrected chi connectivity index (χ3v) is 5.90. The van der Waals surface area contributed by atoms with Crippen LogP contribution in [0.1, 0.15) is 5.56 Å². The molecule has 114 valence electrons. The van der Waals surface area contributed by atoms with Crippen LogP contribution in [0.3, 0.4) is 0 Å². The molecule has 3 aromatic rings. The van der Waals surface area contributed by atoms with Gasteiger partial charge in [-0.15, -0.1) is 0 Å². The maximum absolute atomic E-state index is 13.0. The second-order valence-electron chi connectivity index (χ2n) is 5.04. The first kappa shape index (κ1) is 15.1. The van der Waals surface area contributed by atoms with E-state index in [0.29, 0.717) is 5.52 Å². The predicted octanol–water partition coefficient (Wildman–Crippen LogP) is 3.99. The average molecular weight is 379 g/mol. The van der Waals surface area contributed by atoms with Crippen molar-refractivity contribution in [2.24, 2.45) is 0 Å². The molecule has 0 bridgehead atoms. The molecule has 0 amide bonds. The van der Waals surface area contributed by atoms with Crippen LogP contribution in [0, 0.1) is 6.92 Å². The highest BCUT2D eigenvalue weighted by Gasteiger charge is 2.22. The van der Waals surface area contributed by atoms with Gasteiger partial charge in [-0.2, -0.15) is 0 Å². The lowest BCUT2D eigenvalue weighted by Crippen LogP contribution is -2.12. The summed E-state index contributed by atoms with van der Waals surface area (Å²) in [6.07, 6.45) is 1.60. The van der Waals surface area contributed by atoms with Crippen molar-refractivity contribution in [3.8, 4) is 0 Å². The number of halogens is 1. The minimum atomic E-state index is -3.65. The zero-order valence-electron chi connectivity index (χ0n) is 12.2. The molecule has 22 heavy (non-hydrogen) atoms. The third-order valence-electron chi connectivity index (χ3n) is 3.59. The van der Waals surface area contributed by atoms with Crippen molar-refractivity contribution < 1.29 is 8.42 Å².